The van der Waals surface area contributed by atoms with Crippen molar-refractivity contribution in [2.24, 2.45) is 5.73 Å². The Morgan fingerprint density at radius 2 is 2.17 bits per heavy atom. The number of ether oxygens (including phenoxy) is 1. The lowest BCUT2D eigenvalue weighted by Crippen LogP contribution is -2.35. The van der Waals surface area contributed by atoms with Gasteiger partial charge in [0.15, 0.2) is 0 Å². The zero-order valence-corrected chi connectivity index (χ0v) is 11.7. The Morgan fingerprint density at radius 1 is 1.39 bits per heavy atom. The van der Waals surface area contributed by atoms with Crippen molar-refractivity contribution >= 4 is 0 Å². The summed E-state index contributed by atoms with van der Waals surface area (Å²) < 4.78 is 5.47. The largest absolute Gasteiger partial charge is 0.496 e. The summed E-state index contributed by atoms with van der Waals surface area (Å²) in [6, 6.07) is 4.97. The molecule has 0 spiro atoms. The number of nitrogens with zero attached hydrogens (tertiary/aromatic N) is 1. The summed E-state index contributed by atoms with van der Waals surface area (Å²) in [6.45, 7) is 7.30. The first-order valence-corrected chi connectivity index (χ1v) is 6.88. The molecule has 0 fully saturated rings. The van der Waals surface area contributed by atoms with Crippen molar-refractivity contribution in [2.45, 2.75) is 39.3 Å². The van der Waals surface area contributed by atoms with Gasteiger partial charge in [0, 0.05) is 24.7 Å². The van der Waals surface area contributed by atoms with Crippen LogP contribution in [-0.2, 0) is 13.0 Å². The normalized spacial score (nSPS) is 19.7. The van der Waals surface area contributed by atoms with Crippen LogP contribution in [0.1, 0.15) is 43.0 Å². The van der Waals surface area contributed by atoms with Crippen molar-refractivity contribution < 1.29 is 4.74 Å². The van der Waals surface area contributed by atoms with Crippen LogP contribution in [-0.4, -0.2) is 25.1 Å². The van der Waals surface area contributed by atoms with Crippen LogP contribution in [0.2, 0.25) is 0 Å². The maximum Gasteiger partial charge on any atom is 0.123 e. The summed E-state index contributed by atoms with van der Waals surface area (Å²) in [5.41, 5.74) is 9.79. The maximum atomic E-state index is 5.79. The molecule has 1 aromatic carbocycles. The average molecular weight is 248 g/mol. The first kappa shape index (κ1) is 13.4. The summed E-state index contributed by atoms with van der Waals surface area (Å²) in [6.07, 6.45) is 2.27. The molecule has 0 amide bonds. The fraction of sp³-hybridized carbons (Fsp3) is 0.600. The molecule has 1 aliphatic rings. The van der Waals surface area contributed by atoms with Gasteiger partial charge in [0.2, 0.25) is 0 Å². The highest BCUT2D eigenvalue weighted by Gasteiger charge is 2.26. The summed E-state index contributed by atoms with van der Waals surface area (Å²) in [5.74, 6) is 0.938. The number of benzene rings is 1. The van der Waals surface area contributed by atoms with Crippen LogP contribution in [0, 0.1) is 0 Å². The van der Waals surface area contributed by atoms with E-state index >= 15 is 0 Å². The first-order chi connectivity index (χ1) is 8.74. The zero-order chi connectivity index (χ0) is 13.1. The number of nitrogens with two attached hydrogens (primary N) is 1. The Morgan fingerprint density at radius 3 is 2.72 bits per heavy atom. The van der Waals surface area contributed by atoms with Crippen LogP contribution in [0.25, 0.3) is 0 Å². The lowest BCUT2D eigenvalue weighted by molar-refractivity contribution is 0.189. The number of hydrogen-bond acceptors (Lipinski definition) is 3. The molecular formula is C15H24N2O. The Balaban J connectivity index is 2.45. The lowest BCUT2D eigenvalue weighted by atomic mass is 9.89. The number of methoxy groups -OCH3 is 1. The minimum absolute atomic E-state index is 0.527. The number of hydrogen-bond donors (Lipinski definition) is 1. The van der Waals surface area contributed by atoms with Gasteiger partial charge in [0.1, 0.15) is 5.75 Å². The zero-order valence-electron chi connectivity index (χ0n) is 11.7. The predicted octanol–water partition coefficient (Wildman–Crippen LogP) is 2.48. The van der Waals surface area contributed by atoms with Gasteiger partial charge in [-0.1, -0.05) is 19.9 Å². The highest BCUT2D eigenvalue weighted by Crippen LogP contribution is 2.35. The second-order valence-corrected chi connectivity index (χ2v) is 4.87. The van der Waals surface area contributed by atoms with Crippen LogP contribution in [0.4, 0.5) is 0 Å². The Kier molecular flexibility index (Phi) is 4.25. The van der Waals surface area contributed by atoms with Crippen molar-refractivity contribution in [2.75, 3.05) is 20.2 Å². The summed E-state index contributed by atoms with van der Waals surface area (Å²) in [4.78, 5) is 2.55. The van der Waals surface area contributed by atoms with Crippen LogP contribution >= 0.6 is 0 Å². The fourth-order valence-corrected chi connectivity index (χ4v) is 3.04. The van der Waals surface area contributed by atoms with Gasteiger partial charge in [0.05, 0.1) is 7.11 Å². The monoisotopic (exact) mass is 248 g/mol. The van der Waals surface area contributed by atoms with Crippen LogP contribution in [0.15, 0.2) is 12.1 Å². The van der Waals surface area contributed by atoms with Crippen molar-refractivity contribution in [3.05, 3.63) is 28.8 Å². The van der Waals surface area contributed by atoms with Crippen molar-refractivity contribution in [3.63, 3.8) is 0 Å². The molecule has 1 heterocycles. The smallest absolute Gasteiger partial charge is 0.123 e. The van der Waals surface area contributed by atoms with Crippen molar-refractivity contribution in [1.82, 2.24) is 4.90 Å². The van der Waals surface area contributed by atoms with Gasteiger partial charge < -0.3 is 10.5 Å². The molecule has 2 N–H and O–H groups in total. The van der Waals surface area contributed by atoms with E-state index in [4.69, 9.17) is 10.5 Å². The molecule has 3 nitrogen and oxygen atoms in total. The quantitative estimate of drug-likeness (QED) is 0.889. The van der Waals surface area contributed by atoms with Gasteiger partial charge in [-0.15, -0.1) is 0 Å². The van der Waals surface area contributed by atoms with Gasteiger partial charge >= 0.3 is 0 Å². The fourth-order valence-electron chi connectivity index (χ4n) is 3.04. The van der Waals surface area contributed by atoms with Crippen LogP contribution in [0.5, 0.6) is 5.75 Å². The molecular weight excluding hydrogens is 224 g/mol. The minimum Gasteiger partial charge on any atom is -0.496 e. The molecule has 0 saturated heterocycles. The Hall–Kier alpha value is -1.06. The molecule has 1 unspecified atom stereocenters. The molecule has 100 valence electrons. The summed E-state index contributed by atoms with van der Waals surface area (Å²) in [5, 5.41) is 0. The Labute approximate surface area is 110 Å². The van der Waals surface area contributed by atoms with E-state index in [1.807, 2.05) is 0 Å². The molecule has 1 aliphatic heterocycles. The van der Waals surface area contributed by atoms with E-state index in [0.717, 1.165) is 37.2 Å². The standard InChI is InChI=1S/C15H24N2O/c1-4-14-13-9-15(18-3)12(10-16)8-11(13)6-7-17(14)5-2/h8-9,14H,4-7,10,16H2,1-3H3. The third-order valence-corrected chi connectivity index (χ3v) is 4.02. The molecule has 1 atom stereocenters. The van der Waals surface area contributed by atoms with Crippen molar-refractivity contribution in [3.8, 4) is 5.75 Å². The van der Waals surface area contributed by atoms with E-state index in [1.165, 1.54) is 11.1 Å². The summed E-state index contributed by atoms with van der Waals surface area (Å²) in [7, 11) is 1.72. The third-order valence-electron chi connectivity index (χ3n) is 4.02. The second kappa shape index (κ2) is 5.72. The molecule has 0 radical (unpaired) electrons. The third kappa shape index (κ3) is 2.25. The first-order valence-electron chi connectivity index (χ1n) is 6.88. The molecule has 0 aliphatic carbocycles. The second-order valence-electron chi connectivity index (χ2n) is 4.87. The van der Waals surface area contributed by atoms with E-state index in [0.29, 0.717) is 12.6 Å². The van der Waals surface area contributed by atoms with E-state index in [2.05, 4.69) is 30.9 Å². The van der Waals surface area contributed by atoms with Gasteiger partial charge in [-0.25, -0.2) is 0 Å². The minimum atomic E-state index is 0.527. The SMILES string of the molecule is CCC1c2cc(OC)c(CN)cc2CCN1CC. The Bertz CT molecular complexity index is 417. The number of fused-ring (bicyclic) bond motifs is 1. The molecule has 1 aromatic rings. The van der Waals surface area contributed by atoms with E-state index in [-0.39, 0.29) is 0 Å². The molecule has 0 saturated carbocycles. The summed E-state index contributed by atoms with van der Waals surface area (Å²) >= 11 is 0. The number of likely N-dealkylation sites (N-methyl/N-ethyl adjacent to an activating group) is 1. The number of rotatable bonds is 4. The van der Waals surface area contributed by atoms with Gasteiger partial charge in [-0.3, -0.25) is 4.90 Å². The highest BCUT2D eigenvalue weighted by atomic mass is 16.5. The molecule has 0 aromatic heterocycles. The maximum absolute atomic E-state index is 5.79. The highest BCUT2D eigenvalue weighted by molar-refractivity contribution is 5.45. The van der Waals surface area contributed by atoms with Crippen LogP contribution < -0.4 is 10.5 Å². The lowest BCUT2D eigenvalue weighted by Gasteiger charge is -2.36. The van der Waals surface area contributed by atoms with E-state index in [1.54, 1.807) is 7.11 Å². The molecule has 18 heavy (non-hydrogen) atoms. The topological polar surface area (TPSA) is 38.5 Å². The van der Waals surface area contributed by atoms with E-state index in [9.17, 15) is 0 Å². The van der Waals surface area contributed by atoms with Gasteiger partial charge in [-0.05, 0) is 36.6 Å². The molecule has 2 rings (SSSR count). The van der Waals surface area contributed by atoms with Crippen molar-refractivity contribution in [1.29, 1.82) is 0 Å². The molecule has 3 heteroatoms. The van der Waals surface area contributed by atoms with E-state index < -0.39 is 0 Å². The van der Waals surface area contributed by atoms with Gasteiger partial charge in [0.25, 0.3) is 0 Å². The molecule has 0 bridgehead atoms. The average Bonchev–Trinajstić information content (AvgIpc) is 2.44. The van der Waals surface area contributed by atoms with Gasteiger partial charge in [-0.2, -0.15) is 0 Å². The van der Waals surface area contributed by atoms with Crippen LogP contribution in [0.3, 0.4) is 0 Å². The predicted molar refractivity (Wildman–Crippen MR) is 74.9 cm³/mol.